The van der Waals surface area contributed by atoms with Gasteiger partial charge in [0.05, 0.1) is 6.42 Å². The van der Waals surface area contributed by atoms with Crippen molar-refractivity contribution >= 4 is 35.6 Å². The number of halogens is 1. The van der Waals surface area contributed by atoms with Gasteiger partial charge >= 0.3 is 0 Å². The number of carbonyl (C=O) groups excluding carboxylic acids is 2. The molecule has 3 saturated heterocycles. The summed E-state index contributed by atoms with van der Waals surface area (Å²) in [6, 6.07) is 4.20. The first-order valence-electron chi connectivity index (χ1n) is 9.78. The van der Waals surface area contributed by atoms with Gasteiger partial charge < -0.3 is 15.1 Å². The fourth-order valence-electron chi connectivity index (χ4n) is 4.48. The predicted molar refractivity (Wildman–Crippen MR) is 109 cm³/mol. The maximum absolute atomic E-state index is 13.1. The standard InChI is InChI=1S/C19H28N4O2S.ClH/c24-18(13-16-3-2-12-26-16)23-8-1-4-17(23)19(25)22-9-5-15(14-22)21-10-6-20-7-11-21;/h2-3,12,15,17,20H,1,4-11,13-14H2;1H. The van der Waals surface area contributed by atoms with Crippen molar-refractivity contribution < 1.29 is 9.59 Å². The van der Waals surface area contributed by atoms with Crippen LogP contribution in [0.2, 0.25) is 0 Å². The molecule has 2 atom stereocenters. The number of hydrogen-bond acceptors (Lipinski definition) is 5. The van der Waals surface area contributed by atoms with Gasteiger partial charge in [0.1, 0.15) is 6.04 Å². The molecule has 0 aromatic carbocycles. The van der Waals surface area contributed by atoms with E-state index in [1.165, 1.54) is 0 Å². The lowest BCUT2D eigenvalue weighted by Gasteiger charge is -2.33. The molecule has 6 nitrogen and oxygen atoms in total. The van der Waals surface area contributed by atoms with Gasteiger partial charge in [0, 0.05) is 56.7 Å². The molecule has 3 fully saturated rings. The summed E-state index contributed by atoms with van der Waals surface area (Å²) in [5, 5.41) is 5.38. The van der Waals surface area contributed by atoms with E-state index in [-0.39, 0.29) is 30.3 Å². The van der Waals surface area contributed by atoms with Crippen LogP contribution < -0.4 is 5.32 Å². The molecule has 4 heterocycles. The summed E-state index contributed by atoms with van der Waals surface area (Å²) in [7, 11) is 0. The van der Waals surface area contributed by atoms with Gasteiger partial charge in [0.2, 0.25) is 11.8 Å². The number of likely N-dealkylation sites (tertiary alicyclic amines) is 2. The molecule has 0 radical (unpaired) electrons. The Morgan fingerprint density at radius 3 is 2.70 bits per heavy atom. The number of nitrogens with zero attached hydrogens (tertiary/aromatic N) is 3. The third-order valence-corrected chi connectivity index (χ3v) is 6.78. The normalized spacial score (nSPS) is 26.2. The van der Waals surface area contributed by atoms with Gasteiger partial charge in [-0.2, -0.15) is 0 Å². The quantitative estimate of drug-likeness (QED) is 0.807. The molecule has 0 saturated carbocycles. The van der Waals surface area contributed by atoms with Crippen molar-refractivity contribution in [3.8, 4) is 0 Å². The molecule has 1 aromatic heterocycles. The molecule has 1 aromatic rings. The topological polar surface area (TPSA) is 55.9 Å². The van der Waals surface area contributed by atoms with Gasteiger partial charge in [0.15, 0.2) is 0 Å². The summed E-state index contributed by atoms with van der Waals surface area (Å²) in [6.45, 7) is 6.59. The fourth-order valence-corrected chi connectivity index (χ4v) is 5.18. The maximum Gasteiger partial charge on any atom is 0.245 e. The lowest BCUT2D eigenvalue weighted by atomic mass is 10.2. The second-order valence-corrected chi connectivity index (χ2v) is 8.55. The van der Waals surface area contributed by atoms with E-state index in [1.807, 2.05) is 27.3 Å². The average Bonchev–Trinajstić information content (AvgIpc) is 3.42. The van der Waals surface area contributed by atoms with E-state index in [1.54, 1.807) is 11.3 Å². The van der Waals surface area contributed by atoms with E-state index >= 15 is 0 Å². The molecule has 0 aliphatic carbocycles. The van der Waals surface area contributed by atoms with Crippen LogP contribution >= 0.6 is 23.7 Å². The van der Waals surface area contributed by atoms with Crippen LogP contribution in [0.15, 0.2) is 17.5 Å². The zero-order valence-corrected chi connectivity index (χ0v) is 17.3. The highest BCUT2D eigenvalue weighted by Crippen LogP contribution is 2.24. The lowest BCUT2D eigenvalue weighted by Crippen LogP contribution is -2.51. The molecule has 4 rings (SSSR count). The Morgan fingerprint density at radius 2 is 1.96 bits per heavy atom. The molecule has 8 heteroatoms. The molecule has 0 bridgehead atoms. The zero-order valence-electron chi connectivity index (χ0n) is 15.6. The first-order chi connectivity index (χ1) is 12.7. The van der Waals surface area contributed by atoms with E-state index in [0.717, 1.165) is 70.0 Å². The number of amides is 2. The molecule has 1 N–H and O–H groups in total. The van der Waals surface area contributed by atoms with Gasteiger partial charge in [-0.25, -0.2) is 0 Å². The molecular weight excluding hydrogens is 384 g/mol. The Bertz CT molecular complexity index is 636. The van der Waals surface area contributed by atoms with E-state index in [9.17, 15) is 9.59 Å². The third kappa shape index (κ3) is 4.65. The second-order valence-electron chi connectivity index (χ2n) is 7.51. The summed E-state index contributed by atoms with van der Waals surface area (Å²) in [6.07, 6.45) is 3.22. The summed E-state index contributed by atoms with van der Waals surface area (Å²) in [5.41, 5.74) is 0. The first-order valence-corrected chi connectivity index (χ1v) is 10.7. The molecule has 3 aliphatic heterocycles. The fraction of sp³-hybridized carbons (Fsp3) is 0.684. The monoisotopic (exact) mass is 412 g/mol. The molecule has 0 spiro atoms. The van der Waals surface area contributed by atoms with Crippen LogP contribution in [0.5, 0.6) is 0 Å². The Balaban J connectivity index is 0.00000210. The molecular formula is C19H29ClN4O2S. The van der Waals surface area contributed by atoms with Gasteiger partial charge in [-0.05, 0) is 30.7 Å². The van der Waals surface area contributed by atoms with E-state index in [4.69, 9.17) is 0 Å². The van der Waals surface area contributed by atoms with Crippen molar-refractivity contribution in [3.05, 3.63) is 22.4 Å². The summed E-state index contributed by atoms with van der Waals surface area (Å²) < 4.78 is 0. The maximum atomic E-state index is 13.1. The van der Waals surface area contributed by atoms with Gasteiger partial charge in [-0.15, -0.1) is 23.7 Å². The molecule has 3 aliphatic rings. The van der Waals surface area contributed by atoms with E-state index in [2.05, 4.69) is 10.2 Å². The van der Waals surface area contributed by atoms with Crippen molar-refractivity contribution in [2.45, 2.75) is 37.8 Å². The first kappa shape index (κ1) is 20.6. The number of rotatable bonds is 4. The van der Waals surface area contributed by atoms with Crippen molar-refractivity contribution in [1.82, 2.24) is 20.0 Å². The second kappa shape index (κ2) is 9.37. The van der Waals surface area contributed by atoms with Crippen LogP contribution in [0, 0.1) is 0 Å². The van der Waals surface area contributed by atoms with E-state index < -0.39 is 0 Å². The average molecular weight is 413 g/mol. The van der Waals surface area contributed by atoms with Crippen LogP contribution in [0.1, 0.15) is 24.1 Å². The van der Waals surface area contributed by atoms with Gasteiger partial charge in [0.25, 0.3) is 0 Å². The lowest BCUT2D eigenvalue weighted by molar-refractivity contribution is -0.142. The number of hydrogen-bond donors (Lipinski definition) is 1. The van der Waals surface area contributed by atoms with Crippen molar-refractivity contribution in [2.75, 3.05) is 45.8 Å². The number of thiophene rings is 1. The number of nitrogens with one attached hydrogen (secondary N) is 1. The highest BCUT2D eigenvalue weighted by molar-refractivity contribution is 7.10. The Labute approximate surface area is 171 Å². The van der Waals surface area contributed by atoms with Crippen LogP contribution in [-0.4, -0.2) is 84.4 Å². The SMILES string of the molecule is Cl.O=C(C1CCCN1C(=O)Cc1cccs1)N1CCC(N2CCNCC2)C1. The Kier molecular flexibility index (Phi) is 7.14. The van der Waals surface area contributed by atoms with Crippen LogP contribution in [0.3, 0.4) is 0 Å². The minimum atomic E-state index is -0.246. The molecule has 2 amide bonds. The number of carbonyl (C=O) groups is 2. The minimum Gasteiger partial charge on any atom is -0.339 e. The minimum absolute atomic E-state index is 0. The summed E-state index contributed by atoms with van der Waals surface area (Å²) in [5.74, 6) is 0.265. The Hall–Kier alpha value is -1.15. The van der Waals surface area contributed by atoms with Crippen LogP contribution in [0.4, 0.5) is 0 Å². The highest BCUT2D eigenvalue weighted by Gasteiger charge is 2.39. The largest absolute Gasteiger partial charge is 0.339 e. The summed E-state index contributed by atoms with van der Waals surface area (Å²) in [4.78, 5) is 33.2. The number of piperazine rings is 1. The highest BCUT2D eigenvalue weighted by atomic mass is 35.5. The zero-order chi connectivity index (χ0) is 17.9. The molecule has 27 heavy (non-hydrogen) atoms. The smallest absolute Gasteiger partial charge is 0.245 e. The van der Waals surface area contributed by atoms with E-state index in [0.29, 0.717) is 12.5 Å². The van der Waals surface area contributed by atoms with Crippen molar-refractivity contribution in [1.29, 1.82) is 0 Å². The van der Waals surface area contributed by atoms with Crippen LogP contribution in [0.25, 0.3) is 0 Å². The molecule has 2 unspecified atom stereocenters. The van der Waals surface area contributed by atoms with Crippen LogP contribution in [-0.2, 0) is 16.0 Å². The third-order valence-electron chi connectivity index (χ3n) is 5.91. The predicted octanol–water partition coefficient (Wildman–Crippen LogP) is 1.21. The van der Waals surface area contributed by atoms with Crippen molar-refractivity contribution in [3.63, 3.8) is 0 Å². The molecule has 150 valence electrons. The van der Waals surface area contributed by atoms with Gasteiger partial charge in [-0.3, -0.25) is 14.5 Å². The van der Waals surface area contributed by atoms with Gasteiger partial charge in [-0.1, -0.05) is 6.07 Å². The Morgan fingerprint density at radius 1 is 1.15 bits per heavy atom. The summed E-state index contributed by atoms with van der Waals surface area (Å²) >= 11 is 1.61. The van der Waals surface area contributed by atoms with Crippen molar-refractivity contribution in [2.24, 2.45) is 0 Å².